The fourth-order valence-corrected chi connectivity index (χ4v) is 3.62. The van der Waals surface area contributed by atoms with Crippen molar-refractivity contribution >= 4 is 0 Å². The summed E-state index contributed by atoms with van der Waals surface area (Å²) in [7, 11) is 0. The topological polar surface area (TPSA) is 57.6 Å². The zero-order chi connectivity index (χ0) is 25.6. The van der Waals surface area contributed by atoms with Gasteiger partial charge in [0.2, 0.25) is 5.43 Å². The van der Waals surface area contributed by atoms with Crippen LogP contribution in [0.2, 0.25) is 0 Å². The Kier molecular flexibility index (Phi) is 5.50. The standard InChI is InChI=1S/C24H13F6N5O/c25-17-11-15(33-12-18(26)19(27)13-33)4-5-20(17)34-9-7-22(36)23(32-34)21-6-8-31-35(21)16-3-1-2-14(10-16)24(28,29)30/h1-13H. The van der Waals surface area contributed by atoms with Gasteiger partial charge in [0, 0.05) is 36.4 Å². The molecule has 0 unspecified atom stereocenters. The minimum atomic E-state index is -4.58. The van der Waals surface area contributed by atoms with E-state index < -0.39 is 34.6 Å². The zero-order valence-corrected chi connectivity index (χ0v) is 17.9. The summed E-state index contributed by atoms with van der Waals surface area (Å²) in [5.74, 6) is -3.00. The maximum atomic E-state index is 14.9. The molecular weight excluding hydrogens is 488 g/mol. The highest BCUT2D eigenvalue weighted by atomic mass is 19.4. The second-order valence-electron chi connectivity index (χ2n) is 7.65. The van der Waals surface area contributed by atoms with Crippen molar-refractivity contribution in [3.8, 4) is 28.5 Å². The Labute approximate surface area is 198 Å². The van der Waals surface area contributed by atoms with Gasteiger partial charge in [-0.2, -0.15) is 23.4 Å². The minimum Gasteiger partial charge on any atom is -0.318 e. The maximum absolute atomic E-state index is 14.9. The van der Waals surface area contributed by atoms with Crippen LogP contribution in [0.15, 0.2) is 84.2 Å². The SMILES string of the molecule is O=c1ccn(-c2ccc(-n3cc(F)c(F)c3)cc2F)nc1-c1ccnn1-c1cccc(C(F)(F)F)c1. The lowest BCUT2D eigenvalue weighted by Crippen LogP contribution is -2.15. The molecule has 2 aromatic carbocycles. The van der Waals surface area contributed by atoms with E-state index in [0.717, 1.165) is 50.6 Å². The molecule has 0 aliphatic heterocycles. The predicted octanol–water partition coefficient (Wildman–Crippen LogP) is 5.31. The first-order valence-corrected chi connectivity index (χ1v) is 10.3. The lowest BCUT2D eigenvalue weighted by Gasteiger charge is -2.12. The molecule has 0 radical (unpaired) electrons. The van der Waals surface area contributed by atoms with Crippen LogP contribution < -0.4 is 5.43 Å². The van der Waals surface area contributed by atoms with E-state index in [0.29, 0.717) is 0 Å². The van der Waals surface area contributed by atoms with Crippen LogP contribution in [-0.2, 0) is 6.18 Å². The number of halogens is 6. The van der Waals surface area contributed by atoms with Gasteiger partial charge in [-0.3, -0.25) is 4.79 Å². The van der Waals surface area contributed by atoms with Gasteiger partial charge >= 0.3 is 6.18 Å². The highest BCUT2D eigenvalue weighted by Gasteiger charge is 2.30. The molecule has 3 aromatic heterocycles. The number of nitrogens with zero attached hydrogens (tertiary/aromatic N) is 5. The van der Waals surface area contributed by atoms with Crippen LogP contribution in [0.25, 0.3) is 28.5 Å². The van der Waals surface area contributed by atoms with E-state index in [9.17, 15) is 31.1 Å². The molecule has 0 fully saturated rings. The van der Waals surface area contributed by atoms with Crippen LogP contribution in [0, 0.1) is 17.5 Å². The number of alkyl halides is 3. The second kappa shape index (κ2) is 8.56. The molecule has 5 aromatic rings. The van der Waals surface area contributed by atoms with Gasteiger partial charge in [-0.1, -0.05) is 6.07 Å². The Bertz CT molecular complexity index is 1630. The van der Waals surface area contributed by atoms with E-state index in [2.05, 4.69) is 10.2 Å². The van der Waals surface area contributed by atoms with Gasteiger partial charge in [0.1, 0.15) is 5.69 Å². The summed E-state index contributed by atoms with van der Waals surface area (Å²) in [4.78, 5) is 12.6. The van der Waals surface area contributed by atoms with Crippen molar-refractivity contribution in [1.29, 1.82) is 0 Å². The molecule has 0 saturated heterocycles. The molecule has 0 aliphatic rings. The quantitative estimate of drug-likeness (QED) is 0.314. The Balaban J connectivity index is 1.56. The van der Waals surface area contributed by atoms with Crippen LogP contribution in [0.1, 0.15) is 5.56 Å². The fourth-order valence-electron chi connectivity index (χ4n) is 3.62. The molecule has 0 saturated carbocycles. The first kappa shape index (κ1) is 23.1. The minimum absolute atomic E-state index is 0.0446. The maximum Gasteiger partial charge on any atom is 0.416 e. The summed E-state index contributed by atoms with van der Waals surface area (Å²) in [5.41, 5.74) is -1.47. The molecule has 0 N–H and O–H groups in total. The third kappa shape index (κ3) is 4.17. The molecule has 0 aliphatic carbocycles. The lowest BCUT2D eigenvalue weighted by molar-refractivity contribution is -0.137. The lowest BCUT2D eigenvalue weighted by atomic mass is 10.2. The van der Waals surface area contributed by atoms with Gasteiger partial charge in [-0.05, 0) is 36.4 Å². The molecule has 182 valence electrons. The van der Waals surface area contributed by atoms with Crippen LogP contribution in [0.4, 0.5) is 26.3 Å². The van der Waals surface area contributed by atoms with Crippen LogP contribution in [0.3, 0.4) is 0 Å². The highest BCUT2D eigenvalue weighted by Crippen LogP contribution is 2.31. The first-order valence-electron chi connectivity index (χ1n) is 10.3. The Morgan fingerprint density at radius 1 is 0.806 bits per heavy atom. The number of rotatable bonds is 4. The second-order valence-corrected chi connectivity index (χ2v) is 7.65. The van der Waals surface area contributed by atoms with E-state index in [1.165, 1.54) is 42.7 Å². The average Bonchev–Trinajstić information content (AvgIpc) is 3.46. The number of hydrogen-bond donors (Lipinski definition) is 0. The Morgan fingerprint density at radius 3 is 2.25 bits per heavy atom. The smallest absolute Gasteiger partial charge is 0.318 e. The Hall–Kier alpha value is -4.61. The summed E-state index contributed by atoms with van der Waals surface area (Å²) in [6.45, 7) is 0. The van der Waals surface area contributed by atoms with E-state index in [1.54, 1.807) is 0 Å². The van der Waals surface area contributed by atoms with E-state index in [-0.39, 0.29) is 28.5 Å². The molecule has 0 spiro atoms. The summed E-state index contributed by atoms with van der Waals surface area (Å²) in [5, 5.41) is 8.20. The van der Waals surface area contributed by atoms with E-state index in [1.807, 2.05) is 0 Å². The summed E-state index contributed by atoms with van der Waals surface area (Å²) in [6.07, 6.45) is -0.367. The molecule has 0 atom stereocenters. The van der Waals surface area contributed by atoms with Gasteiger partial charge in [0.15, 0.2) is 23.1 Å². The van der Waals surface area contributed by atoms with Crippen molar-refractivity contribution in [3.63, 3.8) is 0 Å². The normalized spacial score (nSPS) is 11.7. The third-order valence-corrected chi connectivity index (χ3v) is 5.32. The van der Waals surface area contributed by atoms with Crippen molar-refractivity contribution in [1.82, 2.24) is 24.1 Å². The first-order chi connectivity index (χ1) is 17.1. The molecular formula is C24H13F6N5O. The highest BCUT2D eigenvalue weighted by molar-refractivity contribution is 5.58. The van der Waals surface area contributed by atoms with Gasteiger partial charge < -0.3 is 4.57 Å². The van der Waals surface area contributed by atoms with Crippen LogP contribution in [0.5, 0.6) is 0 Å². The molecule has 12 heteroatoms. The van der Waals surface area contributed by atoms with Crippen molar-refractivity contribution in [2.45, 2.75) is 6.18 Å². The molecule has 5 rings (SSSR count). The van der Waals surface area contributed by atoms with E-state index >= 15 is 0 Å². The summed E-state index contributed by atoms with van der Waals surface area (Å²) >= 11 is 0. The Morgan fingerprint density at radius 2 is 1.56 bits per heavy atom. The number of aromatic nitrogens is 5. The molecule has 6 nitrogen and oxygen atoms in total. The molecule has 36 heavy (non-hydrogen) atoms. The van der Waals surface area contributed by atoms with Crippen molar-refractivity contribution in [2.75, 3.05) is 0 Å². The zero-order valence-electron chi connectivity index (χ0n) is 17.9. The predicted molar refractivity (Wildman–Crippen MR) is 117 cm³/mol. The number of hydrogen-bond acceptors (Lipinski definition) is 3. The fraction of sp³-hybridized carbons (Fsp3) is 0.0417. The van der Waals surface area contributed by atoms with Gasteiger partial charge in [0.05, 0.1) is 23.1 Å². The average molecular weight is 501 g/mol. The monoisotopic (exact) mass is 501 g/mol. The summed E-state index contributed by atoms with van der Waals surface area (Å²) in [6, 6.07) is 10.6. The largest absolute Gasteiger partial charge is 0.416 e. The summed E-state index contributed by atoms with van der Waals surface area (Å²) < 4.78 is 84.3. The van der Waals surface area contributed by atoms with Gasteiger partial charge in [-0.15, -0.1) is 0 Å². The molecule has 0 bridgehead atoms. The van der Waals surface area contributed by atoms with Crippen molar-refractivity contribution < 1.29 is 26.3 Å². The molecule has 3 heterocycles. The molecule has 0 amide bonds. The van der Waals surface area contributed by atoms with Crippen molar-refractivity contribution in [3.05, 3.63) is 113 Å². The third-order valence-electron chi connectivity index (χ3n) is 5.32. The van der Waals surface area contributed by atoms with Crippen molar-refractivity contribution in [2.24, 2.45) is 0 Å². The van der Waals surface area contributed by atoms with Crippen LogP contribution in [-0.4, -0.2) is 24.1 Å². The number of benzene rings is 2. The van der Waals surface area contributed by atoms with Gasteiger partial charge in [0.25, 0.3) is 0 Å². The van der Waals surface area contributed by atoms with E-state index in [4.69, 9.17) is 0 Å². The van der Waals surface area contributed by atoms with Crippen LogP contribution >= 0.6 is 0 Å². The van der Waals surface area contributed by atoms with Gasteiger partial charge in [-0.25, -0.2) is 22.5 Å².